The summed E-state index contributed by atoms with van der Waals surface area (Å²) in [7, 11) is 0. The Kier molecular flexibility index (Phi) is 5.36. The molecule has 0 unspecified atom stereocenters. The Morgan fingerprint density at radius 3 is 2.57 bits per heavy atom. The van der Waals surface area contributed by atoms with Crippen LogP contribution in [0.4, 0.5) is 0 Å². The van der Waals surface area contributed by atoms with Crippen LogP contribution in [0.2, 0.25) is 0 Å². The summed E-state index contributed by atoms with van der Waals surface area (Å²) in [6.07, 6.45) is 0. The van der Waals surface area contributed by atoms with Crippen molar-refractivity contribution in [3.63, 3.8) is 0 Å². The molecule has 0 aliphatic heterocycles. The molecule has 0 spiro atoms. The fourth-order valence-electron chi connectivity index (χ4n) is 1.84. The van der Waals surface area contributed by atoms with Gasteiger partial charge in [-0.1, -0.05) is 28.9 Å². The summed E-state index contributed by atoms with van der Waals surface area (Å²) in [6, 6.07) is 12.7. The Morgan fingerprint density at radius 2 is 1.95 bits per heavy atom. The van der Waals surface area contributed by atoms with E-state index in [1.165, 1.54) is 0 Å². The van der Waals surface area contributed by atoms with Gasteiger partial charge in [0.05, 0.1) is 0 Å². The first-order valence-electron chi connectivity index (χ1n) is 6.67. The highest BCUT2D eigenvalue weighted by atomic mass is 79.9. The maximum Gasteiger partial charge on any atom is 0.248 e. The van der Waals surface area contributed by atoms with Crippen LogP contribution in [0, 0.1) is 0 Å². The number of halogens is 1. The monoisotopic (exact) mass is 348 g/mol. The standard InChI is InChI=1S/C16H17BrN2O2/c1-2-19-10-12-3-6-13(17)9-15(12)21-14-7-4-11(5-8-14)16(18)20/h3-9,19H,2,10H2,1H3,(H2,18,20). The number of ether oxygens (including phenoxy) is 1. The lowest BCUT2D eigenvalue weighted by Crippen LogP contribution is -2.12. The number of nitrogens with one attached hydrogen (secondary N) is 1. The first kappa shape index (κ1) is 15.5. The molecule has 0 saturated carbocycles. The number of primary amides is 1. The molecule has 0 bridgehead atoms. The van der Waals surface area contributed by atoms with Crippen LogP contribution >= 0.6 is 15.9 Å². The van der Waals surface area contributed by atoms with Gasteiger partial charge in [0.1, 0.15) is 11.5 Å². The maximum absolute atomic E-state index is 11.1. The van der Waals surface area contributed by atoms with E-state index in [2.05, 4.69) is 28.2 Å². The third-order valence-electron chi connectivity index (χ3n) is 2.96. The SMILES string of the molecule is CCNCc1ccc(Br)cc1Oc1ccc(C(N)=O)cc1. The van der Waals surface area contributed by atoms with Crippen molar-refractivity contribution in [1.82, 2.24) is 5.32 Å². The van der Waals surface area contributed by atoms with Crippen LogP contribution in [-0.2, 0) is 6.54 Å². The predicted octanol–water partition coefficient (Wildman–Crippen LogP) is 3.45. The molecule has 0 saturated heterocycles. The van der Waals surface area contributed by atoms with Gasteiger partial charge in [0.25, 0.3) is 0 Å². The fraction of sp³-hybridized carbons (Fsp3) is 0.188. The number of nitrogens with two attached hydrogens (primary N) is 1. The summed E-state index contributed by atoms with van der Waals surface area (Å²) in [6.45, 7) is 3.68. The zero-order chi connectivity index (χ0) is 15.2. The predicted molar refractivity (Wildman–Crippen MR) is 86.6 cm³/mol. The van der Waals surface area contributed by atoms with Crippen LogP contribution in [0.15, 0.2) is 46.9 Å². The molecule has 2 aromatic carbocycles. The number of amides is 1. The second kappa shape index (κ2) is 7.24. The minimum atomic E-state index is -0.447. The van der Waals surface area contributed by atoms with E-state index < -0.39 is 5.91 Å². The molecular formula is C16H17BrN2O2. The zero-order valence-electron chi connectivity index (χ0n) is 11.7. The van der Waals surface area contributed by atoms with Gasteiger partial charge in [-0.25, -0.2) is 0 Å². The molecular weight excluding hydrogens is 332 g/mol. The highest BCUT2D eigenvalue weighted by molar-refractivity contribution is 9.10. The first-order chi connectivity index (χ1) is 10.1. The number of rotatable bonds is 6. The highest BCUT2D eigenvalue weighted by Gasteiger charge is 2.07. The summed E-state index contributed by atoms with van der Waals surface area (Å²) in [5, 5.41) is 3.28. The van der Waals surface area contributed by atoms with E-state index in [0.717, 1.165) is 28.9 Å². The lowest BCUT2D eigenvalue weighted by atomic mass is 10.2. The smallest absolute Gasteiger partial charge is 0.248 e. The van der Waals surface area contributed by atoms with Gasteiger partial charge in [-0.2, -0.15) is 0 Å². The van der Waals surface area contributed by atoms with Gasteiger partial charge >= 0.3 is 0 Å². The van der Waals surface area contributed by atoms with Crippen molar-refractivity contribution in [3.8, 4) is 11.5 Å². The van der Waals surface area contributed by atoms with Crippen LogP contribution in [0.25, 0.3) is 0 Å². The van der Waals surface area contributed by atoms with Crippen LogP contribution < -0.4 is 15.8 Å². The summed E-state index contributed by atoms with van der Waals surface area (Å²) in [4.78, 5) is 11.1. The second-order valence-electron chi connectivity index (χ2n) is 4.52. The number of hydrogen-bond donors (Lipinski definition) is 2. The molecule has 0 aromatic heterocycles. The Balaban J connectivity index is 2.21. The van der Waals surface area contributed by atoms with Crippen molar-refractivity contribution < 1.29 is 9.53 Å². The van der Waals surface area contributed by atoms with Gasteiger partial charge in [0.2, 0.25) is 5.91 Å². The third kappa shape index (κ3) is 4.31. The molecule has 0 atom stereocenters. The summed E-state index contributed by atoms with van der Waals surface area (Å²) in [5.74, 6) is 0.991. The van der Waals surface area contributed by atoms with Gasteiger partial charge in [-0.15, -0.1) is 0 Å². The van der Waals surface area contributed by atoms with E-state index in [4.69, 9.17) is 10.5 Å². The number of hydrogen-bond acceptors (Lipinski definition) is 3. The lowest BCUT2D eigenvalue weighted by molar-refractivity contribution is 0.100. The molecule has 3 N–H and O–H groups in total. The minimum absolute atomic E-state index is 0.447. The number of carbonyl (C=O) groups excluding carboxylic acids is 1. The molecule has 5 heteroatoms. The normalized spacial score (nSPS) is 10.4. The van der Waals surface area contributed by atoms with Gasteiger partial charge in [0, 0.05) is 22.1 Å². The topological polar surface area (TPSA) is 64.3 Å². The molecule has 0 radical (unpaired) electrons. The lowest BCUT2D eigenvalue weighted by Gasteiger charge is -2.12. The Bertz CT molecular complexity index is 627. The van der Waals surface area contributed by atoms with E-state index in [9.17, 15) is 4.79 Å². The van der Waals surface area contributed by atoms with Gasteiger partial charge in [0.15, 0.2) is 0 Å². The molecule has 110 valence electrons. The van der Waals surface area contributed by atoms with E-state index in [1.54, 1.807) is 24.3 Å². The van der Waals surface area contributed by atoms with E-state index in [0.29, 0.717) is 11.3 Å². The quantitative estimate of drug-likeness (QED) is 0.840. The van der Waals surface area contributed by atoms with Gasteiger partial charge < -0.3 is 15.8 Å². The van der Waals surface area contributed by atoms with Gasteiger partial charge in [-0.3, -0.25) is 4.79 Å². The Labute approximate surface area is 132 Å². The average molecular weight is 349 g/mol. The number of benzene rings is 2. The molecule has 1 amide bonds. The zero-order valence-corrected chi connectivity index (χ0v) is 13.3. The van der Waals surface area contributed by atoms with Crippen molar-refractivity contribution in [2.24, 2.45) is 5.73 Å². The van der Waals surface area contributed by atoms with E-state index in [-0.39, 0.29) is 0 Å². The molecule has 0 fully saturated rings. The average Bonchev–Trinajstić information content (AvgIpc) is 2.47. The number of carbonyl (C=O) groups is 1. The molecule has 0 heterocycles. The summed E-state index contributed by atoms with van der Waals surface area (Å²) < 4.78 is 6.85. The van der Waals surface area contributed by atoms with E-state index in [1.807, 2.05) is 18.2 Å². The minimum Gasteiger partial charge on any atom is -0.457 e. The van der Waals surface area contributed by atoms with Crippen molar-refractivity contribution in [2.75, 3.05) is 6.54 Å². The first-order valence-corrected chi connectivity index (χ1v) is 7.46. The van der Waals surface area contributed by atoms with Crippen LogP contribution in [0.5, 0.6) is 11.5 Å². The molecule has 0 aliphatic carbocycles. The molecule has 4 nitrogen and oxygen atoms in total. The van der Waals surface area contributed by atoms with Crippen LogP contribution in [0.3, 0.4) is 0 Å². The van der Waals surface area contributed by atoms with Crippen molar-refractivity contribution in [2.45, 2.75) is 13.5 Å². The maximum atomic E-state index is 11.1. The third-order valence-corrected chi connectivity index (χ3v) is 3.45. The van der Waals surface area contributed by atoms with Crippen molar-refractivity contribution in [3.05, 3.63) is 58.1 Å². The molecule has 21 heavy (non-hydrogen) atoms. The largest absolute Gasteiger partial charge is 0.457 e. The second-order valence-corrected chi connectivity index (χ2v) is 5.44. The van der Waals surface area contributed by atoms with E-state index >= 15 is 0 Å². The summed E-state index contributed by atoms with van der Waals surface area (Å²) in [5.41, 5.74) is 6.75. The van der Waals surface area contributed by atoms with Crippen LogP contribution in [-0.4, -0.2) is 12.5 Å². The summed E-state index contributed by atoms with van der Waals surface area (Å²) >= 11 is 3.45. The molecule has 0 aliphatic rings. The van der Waals surface area contributed by atoms with Crippen molar-refractivity contribution in [1.29, 1.82) is 0 Å². The fourth-order valence-corrected chi connectivity index (χ4v) is 2.18. The van der Waals surface area contributed by atoms with Crippen LogP contribution in [0.1, 0.15) is 22.8 Å². The molecule has 2 aromatic rings. The Hall–Kier alpha value is -1.85. The Morgan fingerprint density at radius 1 is 1.24 bits per heavy atom. The highest BCUT2D eigenvalue weighted by Crippen LogP contribution is 2.28. The van der Waals surface area contributed by atoms with Gasteiger partial charge in [-0.05, 0) is 42.9 Å². The van der Waals surface area contributed by atoms with Crippen molar-refractivity contribution >= 4 is 21.8 Å². The molecule has 2 rings (SSSR count).